The number of H-pyrrole nitrogens is 1. The molecule has 2 heterocycles. The van der Waals surface area contributed by atoms with Crippen molar-refractivity contribution in [2.24, 2.45) is 0 Å². The fourth-order valence-corrected chi connectivity index (χ4v) is 4.55. The van der Waals surface area contributed by atoms with Crippen molar-refractivity contribution in [3.8, 4) is 0 Å². The normalized spacial score (nSPS) is 18.2. The standard InChI is InChI=1S/C24H34N4O3/c1-18-7-8-22-19(15-18)16-20(23(29)26-22)17-28(10-9-27-11-13-31-14-12-27)24(30)25-21-5-3-2-4-6-21/h7-8,15-16,21H,2-6,9-14,17H2,1H3,(H,25,30)(H,26,29). The highest BCUT2D eigenvalue weighted by Gasteiger charge is 2.22. The van der Waals surface area contributed by atoms with E-state index in [2.05, 4.69) is 21.3 Å². The number of amides is 2. The van der Waals surface area contributed by atoms with E-state index in [-0.39, 0.29) is 17.6 Å². The Balaban J connectivity index is 1.50. The number of nitrogens with zero attached hydrogens (tertiary/aromatic N) is 2. The van der Waals surface area contributed by atoms with E-state index in [4.69, 9.17) is 4.74 Å². The van der Waals surface area contributed by atoms with Crippen molar-refractivity contribution in [3.63, 3.8) is 0 Å². The van der Waals surface area contributed by atoms with Gasteiger partial charge in [-0.2, -0.15) is 0 Å². The van der Waals surface area contributed by atoms with Crippen LogP contribution in [0, 0.1) is 6.92 Å². The molecule has 2 N–H and O–H groups in total. The van der Waals surface area contributed by atoms with Gasteiger partial charge in [-0.1, -0.05) is 30.9 Å². The van der Waals surface area contributed by atoms with Gasteiger partial charge in [-0.25, -0.2) is 4.79 Å². The zero-order chi connectivity index (χ0) is 21.6. The van der Waals surface area contributed by atoms with Crippen LogP contribution in [0.4, 0.5) is 4.79 Å². The monoisotopic (exact) mass is 426 g/mol. The minimum atomic E-state index is -0.127. The van der Waals surface area contributed by atoms with Crippen LogP contribution in [0.15, 0.2) is 29.1 Å². The van der Waals surface area contributed by atoms with E-state index in [9.17, 15) is 9.59 Å². The summed E-state index contributed by atoms with van der Waals surface area (Å²) >= 11 is 0. The Bertz CT molecular complexity index is 945. The summed E-state index contributed by atoms with van der Waals surface area (Å²) in [5.41, 5.74) is 2.47. The topological polar surface area (TPSA) is 77.7 Å². The smallest absolute Gasteiger partial charge is 0.317 e. The Hall–Kier alpha value is -2.38. The van der Waals surface area contributed by atoms with Crippen molar-refractivity contribution in [1.29, 1.82) is 0 Å². The fourth-order valence-electron chi connectivity index (χ4n) is 4.55. The minimum Gasteiger partial charge on any atom is -0.379 e. The maximum atomic E-state index is 13.2. The molecule has 7 heteroatoms. The van der Waals surface area contributed by atoms with Gasteiger partial charge in [0.2, 0.25) is 0 Å². The molecule has 1 aliphatic heterocycles. The number of hydrogen-bond donors (Lipinski definition) is 2. The van der Waals surface area contributed by atoms with Gasteiger partial charge in [0.05, 0.1) is 19.8 Å². The molecule has 1 saturated carbocycles. The maximum Gasteiger partial charge on any atom is 0.317 e. The Morgan fingerprint density at radius 1 is 1.19 bits per heavy atom. The third-order valence-electron chi connectivity index (χ3n) is 6.45. The van der Waals surface area contributed by atoms with Crippen molar-refractivity contribution in [3.05, 3.63) is 45.7 Å². The van der Waals surface area contributed by atoms with E-state index in [0.29, 0.717) is 18.7 Å². The van der Waals surface area contributed by atoms with Gasteiger partial charge >= 0.3 is 6.03 Å². The quantitative estimate of drug-likeness (QED) is 0.744. The maximum absolute atomic E-state index is 13.2. The second-order valence-electron chi connectivity index (χ2n) is 8.87. The summed E-state index contributed by atoms with van der Waals surface area (Å²) in [6.45, 7) is 6.95. The van der Waals surface area contributed by atoms with Gasteiger partial charge in [-0.3, -0.25) is 9.69 Å². The van der Waals surface area contributed by atoms with Crippen LogP contribution in [0.2, 0.25) is 0 Å². The van der Waals surface area contributed by atoms with Crippen LogP contribution < -0.4 is 10.9 Å². The van der Waals surface area contributed by atoms with Gasteiger partial charge in [0.1, 0.15) is 0 Å². The summed E-state index contributed by atoms with van der Waals surface area (Å²) < 4.78 is 5.44. The van der Waals surface area contributed by atoms with Crippen LogP contribution >= 0.6 is 0 Å². The van der Waals surface area contributed by atoms with E-state index in [1.807, 2.05) is 25.1 Å². The summed E-state index contributed by atoms with van der Waals surface area (Å²) in [4.78, 5) is 33.0. The molecule has 7 nitrogen and oxygen atoms in total. The number of rotatable bonds is 6. The number of carbonyl (C=O) groups excluding carboxylic acids is 1. The van der Waals surface area contributed by atoms with Crippen LogP contribution in [0.1, 0.15) is 43.2 Å². The van der Waals surface area contributed by atoms with Gasteiger partial charge in [0.15, 0.2) is 0 Å². The van der Waals surface area contributed by atoms with Crippen molar-refractivity contribution < 1.29 is 9.53 Å². The number of aromatic amines is 1. The molecule has 0 radical (unpaired) electrons. The number of ether oxygens (including phenoxy) is 1. The second kappa shape index (κ2) is 10.3. The predicted molar refractivity (Wildman–Crippen MR) is 122 cm³/mol. The first-order chi connectivity index (χ1) is 15.1. The molecule has 1 aromatic heterocycles. The van der Waals surface area contributed by atoms with Gasteiger partial charge in [0, 0.05) is 43.3 Å². The number of pyridine rings is 1. The molecule has 4 rings (SSSR count). The lowest BCUT2D eigenvalue weighted by molar-refractivity contribution is 0.0345. The van der Waals surface area contributed by atoms with Crippen molar-refractivity contribution in [2.45, 2.75) is 51.6 Å². The van der Waals surface area contributed by atoms with Crippen molar-refractivity contribution >= 4 is 16.9 Å². The summed E-state index contributed by atoms with van der Waals surface area (Å²) in [7, 11) is 0. The average molecular weight is 427 g/mol. The number of fused-ring (bicyclic) bond motifs is 1. The molecule has 1 saturated heterocycles. The lowest BCUT2D eigenvalue weighted by Gasteiger charge is -2.32. The van der Waals surface area contributed by atoms with E-state index >= 15 is 0 Å². The highest BCUT2D eigenvalue weighted by molar-refractivity contribution is 5.80. The number of nitrogens with one attached hydrogen (secondary N) is 2. The molecule has 0 unspecified atom stereocenters. The molecule has 1 aliphatic carbocycles. The molecule has 31 heavy (non-hydrogen) atoms. The third kappa shape index (κ3) is 5.86. The van der Waals surface area contributed by atoms with Crippen LogP contribution in [-0.2, 0) is 11.3 Å². The molecule has 2 aliphatic rings. The van der Waals surface area contributed by atoms with Crippen molar-refractivity contribution in [1.82, 2.24) is 20.1 Å². The molecule has 0 atom stereocenters. The highest BCUT2D eigenvalue weighted by atomic mass is 16.5. The molecule has 2 aromatic rings. The Morgan fingerprint density at radius 3 is 2.74 bits per heavy atom. The molecule has 0 bridgehead atoms. The lowest BCUT2D eigenvalue weighted by Crippen LogP contribution is -2.49. The Labute approximate surface area is 183 Å². The van der Waals surface area contributed by atoms with E-state index in [0.717, 1.165) is 62.2 Å². The number of aryl methyl sites for hydroxylation is 1. The van der Waals surface area contributed by atoms with Crippen LogP contribution in [-0.4, -0.2) is 66.2 Å². The van der Waals surface area contributed by atoms with Gasteiger partial charge in [-0.15, -0.1) is 0 Å². The molecule has 0 spiro atoms. The first-order valence-electron chi connectivity index (χ1n) is 11.6. The summed E-state index contributed by atoms with van der Waals surface area (Å²) in [5, 5.41) is 4.22. The summed E-state index contributed by atoms with van der Waals surface area (Å²) in [5.74, 6) is 0. The summed E-state index contributed by atoms with van der Waals surface area (Å²) in [6.07, 6.45) is 5.67. The third-order valence-corrected chi connectivity index (χ3v) is 6.45. The molecule has 1 aromatic carbocycles. The van der Waals surface area contributed by atoms with Gasteiger partial charge in [0.25, 0.3) is 5.56 Å². The van der Waals surface area contributed by atoms with E-state index in [1.165, 1.54) is 19.3 Å². The predicted octanol–water partition coefficient (Wildman–Crippen LogP) is 3.01. The first kappa shape index (κ1) is 21.8. The molecule has 2 amide bonds. The number of hydrogen-bond acceptors (Lipinski definition) is 4. The highest BCUT2D eigenvalue weighted by Crippen LogP contribution is 2.18. The van der Waals surface area contributed by atoms with Gasteiger partial charge < -0.3 is 19.9 Å². The number of benzene rings is 1. The first-order valence-corrected chi connectivity index (χ1v) is 11.6. The zero-order valence-electron chi connectivity index (χ0n) is 18.5. The van der Waals surface area contributed by atoms with E-state index in [1.54, 1.807) is 4.90 Å². The minimum absolute atomic E-state index is 0.0658. The Kier molecular flexibility index (Phi) is 7.25. The van der Waals surface area contributed by atoms with Crippen LogP contribution in [0.25, 0.3) is 10.9 Å². The summed E-state index contributed by atoms with van der Waals surface area (Å²) in [6, 6.07) is 8.09. The van der Waals surface area contributed by atoms with Crippen molar-refractivity contribution in [2.75, 3.05) is 39.4 Å². The number of urea groups is 1. The number of aromatic nitrogens is 1. The molecular formula is C24H34N4O3. The average Bonchev–Trinajstić information content (AvgIpc) is 2.78. The van der Waals surface area contributed by atoms with Crippen LogP contribution in [0.3, 0.4) is 0 Å². The lowest BCUT2D eigenvalue weighted by atomic mass is 9.96. The number of morpholine rings is 1. The van der Waals surface area contributed by atoms with Crippen LogP contribution in [0.5, 0.6) is 0 Å². The molecular weight excluding hydrogens is 392 g/mol. The molecule has 168 valence electrons. The second-order valence-corrected chi connectivity index (χ2v) is 8.87. The SMILES string of the molecule is Cc1ccc2[nH]c(=O)c(CN(CCN3CCOCC3)C(=O)NC3CCCCC3)cc2c1. The number of carbonyl (C=O) groups is 1. The zero-order valence-corrected chi connectivity index (χ0v) is 18.5. The molecule has 2 fully saturated rings. The van der Waals surface area contributed by atoms with E-state index < -0.39 is 0 Å². The van der Waals surface area contributed by atoms with Gasteiger partial charge in [-0.05, 0) is 43.4 Å². The largest absolute Gasteiger partial charge is 0.379 e. The Morgan fingerprint density at radius 2 is 1.97 bits per heavy atom. The fraction of sp³-hybridized carbons (Fsp3) is 0.583.